The van der Waals surface area contributed by atoms with Crippen LogP contribution in [0.3, 0.4) is 0 Å². The van der Waals surface area contributed by atoms with Crippen LogP contribution in [0.2, 0.25) is 0 Å². The Kier molecular flexibility index (Phi) is 3.66. The predicted molar refractivity (Wildman–Crippen MR) is 86.3 cm³/mol. The predicted octanol–water partition coefficient (Wildman–Crippen LogP) is 3.81. The number of hydrogen-bond acceptors (Lipinski definition) is 3. The van der Waals surface area contributed by atoms with Crippen molar-refractivity contribution in [1.29, 1.82) is 0 Å². The number of sulfone groups is 1. The van der Waals surface area contributed by atoms with Crippen LogP contribution in [0, 0.1) is 9.39 Å². The van der Waals surface area contributed by atoms with E-state index in [1.165, 1.54) is 18.3 Å². The summed E-state index contributed by atoms with van der Waals surface area (Å²) in [4.78, 5) is 4.38. The highest BCUT2D eigenvalue weighted by Crippen LogP contribution is 2.25. The van der Waals surface area contributed by atoms with Gasteiger partial charge in [-0.2, -0.15) is 0 Å². The molecular formula is C15H9FINO2S. The van der Waals surface area contributed by atoms with E-state index in [9.17, 15) is 12.8 Å². The van der Waals surface area contributed by atoms with Gasteiger partial charge < -0.3 is 0 Å². The van der Waals surface area contributed by atoms with Gasteiger partial charge in [-0.3, -0.25) is 4.98 Å². The fourth-order valence-corrected chi connectivity index (χ4v) is 3.90. The Morgan fingerprint density at radius 3 is 2.43 bits per heavy atom. The molecule has 3 nitrogen and oxygen atoms in total. The Bertz CT molecular complexity index is 924. The summed E-state index contributed by atoms with van der Waals surface area (Å²) in [6, 6.07) is 11.9. The summed E-state index contributed by atoms with van der Waals surface area (Å²) >= 11 is 2.15. The van der Waals surface area contributed by atoms with Crippen molar-refractivity contribution in [3.8, 4) is 0 Å². The van der Waals surface area contributed by atoms with Gasteiger partial charge >= 0.3 is 0 Å². The number of rotatable bonds is 2. The highest BCUT2D eigenvalue weighted by molar-refractivity contribution is 14.1. The second kappa shape index (κ2) is 5.34. The maximum Gasteiger partial charge on any atom is 0.208 e. The first-order valence-electron chi connectivity index (χ1n) is 6.03. The number of aromatic nitrogens is 1. The van der Waals surface area contributed by atoms with Gasteiger partial charge in [-0.1, -0.05) is 12.1 Å². The third-order valence-electron chi connectivity index (χ3n) is 3.07. The second-order valence-corrected chi connectivity index (χ2v) is 7.55. The Hall–Kier alpha value is -1.54. The molecule has 0 aliphatic carbocycles. The van der Waals surface area contributed by atoms with Crippen molar-refractivity contribution >= 4 is 43.3 Å². The molecule has 0 bridgehead atoms. The van der Waals surface area contributed by atoms with Crippen LogP contribution in [0.1, 0.15) is 0 Å². The van der Waals surface area contributed by atoms with Gasteiger partial charge in [0, 0.05) is 15.2 Å². The van der Waals surface area contributed by atoms with Gasteiger partial charge in [0.1, 0.15) is 5.82 Å². The number of pyridine rings is 1. The molecule has 3 rings (SSSR count). The molecule has 1 aromatic heterocycles. The van der Waals surface area contributed by atoms with Gasteiger partial charge in [0.15, 0.2) is 0 Å². The number of halogens is 2. The molecule has 6 heteroatoms. The zero-order valence-corrected chi connectivity index (χ0v) is 13.6. The molecule has 0 aliphatic rings. The van der Waals surface area contributed by atoms with Gasteiger partial charge in [-0.25, -0.2) is 12.8 Å². The van der Waals surface area contributed by atoms with Gasteiger partial charge in [-0.05, 0) is 59.0 Å². The lowest BCUT2D eigenvalue weighted by molar-refractivity contribution is 0.594. The van der Waals surface area contributed by atoms with Crippen LogP contribution in [0.5, 0.6) is 0 Å². The number of hydrogen-bond donors (Lipinski definition) is 0. The van der Waals surface area contributed by atoms with E-state index in [4.69, 9.17) is 0 Å². The van der Waals surface area contributed by atoms with Crippen LogP contribution < -0.4 is 0 Å². The molecule has 3 aromatic rings. The lowest BCUT2D eigenvalue weighted by Gasteiger charge is -2.06. The molecule has 0 saturated heterocycles. The van der Waals surface area contributed by atoms with Crippen molar-refractivity contribution in [3.05, 3.63) is 64.1 Å². The van der Waals surface area contributed by atoms with Crippen LogP contribution in [0.15, 0.2) is 64.5 Å². The summed E-state index contributed by atoms with van der Waals surface area (Å²) in [6.07, 6.45) is 1.34. The first kappa shape index (κ1) is 14.4. The Labute approximate surface area is 134 Å². The molecule has 0 radical (unpaired) electrons. The number of benzene rings is 2. The summed E-state index contributed by atoms with van der Waals surface area (Å²) in [6.45, 7) is 0. The van der Waals surface area contributed by atoms with Gasteiger partial charge in [0.25, 0.3) is 0 Å². The number of para-hydroxylation sites is 1. The molecule has 21 heavy (non-hydrogen) atoms. The molecule has 0 N–H and O–H groups in total. The first-order valence-corrected chi connectivity index (χ1v) is 8.59. The van der Waals surface area contributed by atoms with Crippen LogP contribution >= 0.6 is 22.6 Å². The summed E-state index contributed by atoms with van der Waals surface area (Å²) in [5, 5.41) is 0.755. The van der Waals surface area contributed by atoms with Crippen LogP contribution in [-0.2, 0) is 9.84 Å². The summed E-state index contributed by atoms with van der Waals surface area (Å²) in [5.41, 5.74) is 0.760. The monoisotopic (exact) mass is 413 g/mol. The van der Waals surface area contributed by atoms with E-state index >= 15 is 0 Å². The Morgan fingerprint density at radius 2 is 1.71 bits per heavy atom. The van der Waals surface area contributed by atoms with E-state index < -0.39 is 15.7 Å². The topological polar surface area (TPSA) is 47.0 Å². The lowest BCUT2D eigenvalue weighted by atomic mass is 10.2. The third kappa shape index (κ3) is 2.65. The molecule has 0 aliphatic heterocycles. The summed E-state index contributed by atoms with van der Waals surface area (Å²) < 4.78 is 38.9. The van der Waals surface area contributed by atoms with E-state index in [0.717, 1.165) is 26.6 Å². The van der Waals surface area contributed by atoms with Crippen LogP contribution in [0.25, 0.3) is 10.9 Å². The number of nitrogens with zero attached hydrogens (tertiary/aromatic N) is 1. The van der Waals surface area contributed by atoms with Gasteiger partial charge in [0.2, 0.25) is 9.84 Å². The van der Waals surface area contributed by atoms with E-state index in [1.807, 2.05) is 18.2 Å². The van der Waals surface area contributed by atoms with Crippen molar-refractivity contribution in [1.82, 2.24) is 4.98 Å². The van der Waals surface area contributed by atoms with Gasteiger partial charge in [0.05, 0.1) is 15.3 Å². The minimum absolute atomic E-state index is 0.0516. The van der Waals surface area contributed by atoms with E-state index in [0.29, 0.717) is 0 Å². The Balaban J connectivity index is 2.17. The normalized spacial score (nSPS) is 11.7. The smallest absolute Gasteiger partial charge is 0.208 e. The minimum Gasteiger partial charge on any atom is -0.254 e. The van der Waals surface area contributed by atoms with E-state index in [2.05, 4.69) is 27.6 Å². The molecule has 0 atom stereocenters. The zero-order chi connectivity index (χ0) is 15.0. The van der Waals surface area contributed by atoms with Crippen molar-refractivity contribution in [2.24, 2.45) is 0 Å². The quantitative estimate of drug-likeness (QED) is 0.474. The minimum atomic E-state index is -3.69. The van der Waals surface area contributed by atoms with Crippen molar-refractivity contribution < 1.29 is 12.8 Å². The zero-order valence-electron chi connectivity index (χ0n) is 10.6. The molecular weight excluding hydrogens is 404 g/mol. The van der Waals surface area contributed by atoms with E-state index in [-0.39, 0.29) is 9.79 Å². The molecule has 1 heterocycles. The average Bonchev–Trinajstić information content (AvgIpc) is 2.47. The van der Waals surface area contributed by atoms with Crippen LogP contribution in [0.4, 0.5) is 4.39 Å². The molecule has 0 amide bonds. The number of fused-ring (bicyclic) bond motifs is 1. The maximum atomic E-state index is 12.9. The molecule has 0 fully saturated rings. The average molecular weight is 413 g/mol. The Morgan fingerprint density at radius 1 is 1.00 bits per heavy atom. The first-order chi connectivity index (χ1) is 9.98. The van der Waals surface area contributed by atoms with Gasteiger partial charge in [-0.15, -0.1) is 0 Å². The lowest BCUT2D eigenvalue weighted by Crippen LogP contribution is -2.03. The molecule has 0 unspecified atom stereocenters. The highest BCUT2D eigenvalue weighted by Gasteiger charge is 2.18. The molecule has 0 saturated carbocycles. The second-order valence-electron chi connectivity index (χ2n) is 4.44. The highest BCUT2D eigenvalue weighted by atomic mass is 127. The van der Waals surface area contributed by atoms with Crippen molar-refractivity contribution in [2.75, 3.05) is 0 Å². The fourth-order valence-electron chi connectivity index (χ4n) is 2.00. The molecule has 106 valence electrons. The van der Waals surface area contributed by atoms with Crippen LogP contribution in [-0.4, -0.2) is 13.4 Å². The summed E-state index contributed by atoms with van der Waals surface area (Å²) in [5.74, 6) is -0.472. The molecule has 0 spiro atoms. The molecule has 2 aromatic carbocycles. The fraction of sp³-hybridized carbons (Fsp3) is 0. The third-order valence-corrected chi connectivity index (χ3v) is 5.68. The van der Waals surface area contributed by atoms with Crippen molar-refractivity contribution in [3.63, 3.8) is 0 Å². The maximum absolute atomic E-state index is 12.9. The SMILES string of the molecule is O=S(=O)(c1ccc(F)cc1)c1cnc2c(I)cccc2c1. The summed E-state index contributed by atoms with van der Waals surface area (Å²) in [7, 11) is -3.69. The largest absolute Gasteiger partial charge is 0.254 e. The standard InChI is InChI=1S/C15H9FINO2S/c16-11-4-6-12(7-5-11)21(19,20)13-8-10-2-1-3-14(17)15(10)18-9-13/h1-9H. The van der Waals surface area contributed by atoms with E-state index in [1.54, 1.807) is 6.07 Å². The van der Waals surface area contributed by atoms with Crippen molar-refractivity contribution in [2.45, 2.75) is 9.79 Å².